The highest BCUT2D eigenvalue weighted by atomic mass is 32.2. The van der Waals surface area contributed by atoms with E-state index in [9.17, 15) is 25.9 Å². The van der Waals surface area contributed by atoms with Crippen molar-refractivity contribution in [3.05, 3.63) is 149 Å². The lowest BCUT2D eigenvalue weighted by atomic mass is 9.90. The molecule has 0 saturated heterocycles. The maximum Gasteiger partial charge on any atom is 0.294 e. The summed E-state index contributed by atoms with van der Waals surface area (Å²) in [7, 11) is -8.60. The van der Waals surface area contributed by atoms with Gasteiger partial charge in [-0.25, -0.2) is 0 Å². The fraction of sp³-hybridized carbons (Fsp3) is 0.205. The number of benzene rings is 4. The van der Waals surface area contributed by atoms with E-state index in [0.717, 1.165) is 45.8 Å². The van der Waals surface area contributed by atoms with E-state index in [0.29, 0.717) is 25.2 Å². The van der Waals surface area contributed by atoms with Gasteiger partial charge in [0, 0.05) is 42.5 Å². The van der Waals surface area contributed by atoms with Crippen molar-refractivity contribution < 1.29 is 30.5 Å². The van der Waals surface area contributed by atoms with Gasteiger partial charge >= 0.3 is 0 Å². The van der Waals surface area contributed by atoms with E-state index in [1.807, 2.05) is 42.8 Å². The summed E-state index contributed by atoms with van der Waals surface area (Å²) in [6.45, 7) is 8.77. The molecular weight excluding hydrogens is 671 g/mol. The fourth-order valence-electron chi connectivity index (χ4n) is 5.93. The first-order chi connectivity index (χ1) is 23.9. The fourth-order valence-corrected chi connectivity index (χ4v) is 7.01. The second kappa shape index (κ2) is 15.9. The molecule has 0 unspecified atom stereocenters. The van der Waals surface area contributed by atoms with Gasteiger partial charge in [0.05, 0.1) is 9.79 Å². The molecule has 0 amide bonds. The zero-order chi connectivity index (χ0) is 35.9. The molecule has 1 aliphatic carbocycles. The minimum absolute atomic E-state index is 0.125. The third-order valence-corrected chi connectivity index (χ3v) is 10.2. The monoisotopic (exact) mass is 712 g/mol. The van der Waals surface area contributed by atoms with E-state index in [2.05, 4.69) is 77.8 Å². The highest BCUT2D eigenvalue weighted by molar-refractivity contribution is 7.86. The highest BCUT2D eigenvalue weighted by Crippen LogP contribution is 2.33. The van der Waals surface area contributed by atoms with Crippen molar-refractivity contribution in [1.82, 2.24) is 5.32 Å². The van der Waals surface area contributed by atoms with Crippen molar-refractivity contribution in [2.24, 2.45) is 0 Å². The van der Waals surface area contributed by atoms with Crippen LogP contribution in [-0.2, 0) is 26.8 Å². The number of nitrogens with one attached hydrogen (secondary N) is 1. The van der Waals surface area contributed by atoms with Crippen LogP contribution in [-0.4, -0.2) is 62.4 Å². The van der Waals surface area contributed by atoms with Crippen molar-refractivity contribution in [2.45, 2.75) is 43.1 Å². The number of nitrogens with zero attached hydrogens (tertiary/aromatic N) is 2. The minimum Gasteiger partial charge on any atom is -0.367 e. The van der Waals surface area contributed by atoms with Crippen molar-refractivity contribution in [2.75, 3.05) is 24.5 Å². The lowest BCUT2D eigenvalue weighted by Crippen LogP contribution is -2.25. The second-order valence-corrected chi connectivity index (χ2v) is 14.7. The number of hydrogen-bond donors (Lipinski definition) is 3. The van der Waals surface area contributed by atoms with Gasteiger partial charge in [-0.3, -0.25) is 9.11 Å². The molecule has 0 aromatic heterocycles. The molecule has 260 valence electrons. The van der Waals surface area contributed by atoms with Crippen LogP contribution in [0.5, 0.6) is 0 Å². The van der Waals surface area contributed by atoms with Gasteiger partial charge in [-0.05, 0) is 103 Å². The van der Waals surface area contributed by atoms with E-state index < -0.39 is 20.2 Å². The smallest absolute Gasteiger partial charge is 0.294 e. The van der Waals surface area contributed by atoms with E-state index in [4.69, 9.17) is 0 Å². The summed E-state index contributed by atoms with van der Waals surface area (Å²) in [4.78, 5) is 1.86. The average molecular weight is 713 g/mol. The SMILES string of the molecule is CCNC1C=CC(=C(c2ccc(N(CC)Cc3cccc(S(=O)(=O)O)c3)cc2)c2ccc([N+](=Cc3cccc(S(=O)(=O)O)c3)CC)cc2)C=C1. The van der Waals surface area contributed by atoms with Gasteiger partial charge in [-0.1, -0.05) is 61.6 Å². The molecule has 0 atom stereocenters. The maximum atomic E-state index is 11.7. The molecular formula is C39H42N3O6S2+. The summed E-state index contributed by atoms with van der Waals surface area (Å²) >= 11 is 0. The molecule has 0 saturated carbocycles. The molecule has 50 heavy (non-hydrogen) atoms. The van der Waals surface area contributed by atoms with Gasteiger partial charge in [0.2, 0.25) is 5.69 Å². The van der Waals surface area contributed by atoms with E-state index >= 15 is 0 Å². The zero-order valence-corrected chi connectivity index (χ0v) is 29.9. The molecule has 5 rings (SSSR count). The van der Waals surface area contributed by atoms with E-state index in [1.54, 1.807) is 18.2 Å². The summed E-state index contributed by atoms with van der Waals surface area (Å²) in [5.41, 5.74) is 7.48. The minimum atomic E-state index is -4.31. The first-order valence-electron chi connectivity index (χ1n) is 16.4. The third kappa shape index (κ3) is 9.12. The van der Waals surface area contributed by atoms with Crippen molar-refractivity contribution in [3.8, 4) is 0 Å². The summed E-state index contributed by atoms with van der Waals surface area (Å²) in [5, 5.41) is 3.43. The molecule has 0 radical (unpaired) electrons. The number of anilines is 1. The Kier molecular flexibility index (Phi) is 11.7. The number of allylic oxidation sites excluding steroid dienone is 3. The lowest BCUT2D eigenvalue weighted by Gasteiger charge is -2.24. The van der Waals surface area contributed by atoms with Crippen LogP contribution in [0.4, 0.5) is 11.4 Å². The topological polar surface area (TPSA) is 127 Å². The summed E-state index contributed by atoms with van der Waals surface area (Å²) in [5.74, 6) is 0. The molecule has 1 aliphatic rings. The van der Waals surface area contributed by atoms with Gasteiger partial charge in [0.1, 0.15) is 6.54 Å². The summed E-state index contributed by atoms with van der Waals surface area (Å²) < 4.78 is 67.7. The largest absolute Gasteiger partial charge is 0.367 e. The van der Waals surface area contributed by atoms with Crippen LogP contribution < -0.4 is 10.2 Å². The van der Waals surface area contributed by atoms with Gasteiger partial charge in [0.25, 0.3) is 20.2 Å². The van der Waals surface area contributed by atoms with Crippen LogP contribution in [0.1, 0.15) is 43.0 Å². The Hall–Kier alpha value is -4.65. The van der Waals surface area contributed by atoms with Crippen molar-refractivity contribution >= 4 is 43.4 Å². The van der Waals surface area contributed by atoms with Crippen molar-refractivity contribution in [1.29, 1.82) is 0 Å². The molecule has 0 heterocycles. The van der Waals surface area contributed by atoms with Crippen LogP contribution >= 0.6 is 0 Å². The molecule has 4 aromatic rings. The summed E-state index contributed by atoms with van der Waals surface area (Å²) in [6, 6.07) is 29.2. The van der Waals surface area contributed by atoms with Crippen LogP contribution in [0.25, 0.3) is 5.57 Å². The molecule has 9 nitrogen and oxygen atoms in total. The predicted molar refractivity (Wildman–Crippen MR) is 200 cm³/mol. The second-order valence-electron chi connectivity index (χ2n) is 11.8. The Labute approximate surface area is 295 Å². The Balaban J connectivity index is 1.48. The first-order valence-corrected chi connectivity index (χ1v) is 19.3. The van der Waals surface area contributed by atoms with Crippen LogP contribution in [0.2, 0.25) is 0 Å². The normalized spacial score (nSPS) is 14.9. The van der Waals surface area contributed by atoms with E-state index in [-0.39, 0.29) is 15.8 Å². The number of hydrogen-bond acceptors (Lipinski definition) is 6. The molecule has 0 fully saturated rings. The Bertz CT molecular complexity index is 2160. The molecule has 4 aromatic carbocycles. The first kappa shape index (κ1) is 36.6. The predicted octanol–water partition coefficient (Wildman–Crippen LogP) is 6.90. The average Bonchev–Trinajstić information content (AvgIpc) is 3.11. The zero-order valence-electron chi connectivity index (χ0n) is 28.3. The Morgan fingerprint density at radius 2 is 1.36 bits per heavy atom. The molecule has 0 aliphatic heterocycles. The van der Waals surface area contributed by atoms with Gasteiger partial charge in [-0.15, -0.1) is 0 Å². The van der Waals surface area contributed by atoms with Crippen molar-refractivity contribution in [3.63, 3.8) is 0 Å². The van der Waals surface area contributed by atoms with Gasteiger partial charge < -0.3 is 10.2 Å². The molecule has 0 bridgehead atoms. The van der Waals surface area contributed by atoms with Crippen LogP contribution in [0.3, 0.4) is 0 Å². The third-order valence-electron chi connectivity index (χ3n) is 8.46. The maximum absolute atomic E-state index is 11.7. The van der Waals surface area contributed by atoms with Gasteiger partial charge in [-0.2, -0.15) is 21.4 Å². The van der Waals surface area contributed by atoms with E-state index in [1.165, 1.54) is 24.3 Å². The standard InChI is InChI=1S/C39H41N3O6S2/c1-4-40-34-19-13-31(14-20-34)39(32-15-21-35(22-16-32)41(5-2)27-29-9-7-11-37(25-29)49(43,44)45)33-17-23-36(24-18-33)42(6-3)28-30-10-8-12-38(26-30)50(46,47)48/h7-27,34,40H,4-6,28H2,1-3H3,(H-,43,44,45,46,47,48)/p+1. The highest BCUT2D eigenvalue weighted by Gasteiger charge is 2.17. The Morgan fingerprint density at radius 1 is 0.780 bits per heavy atom. The molecule has 11 heteroatoms. The van der Waals surface area contributed by atoms with Crippen LogP contribution in [0.15, 0.2) is 137 Å². The lowest BCUT2D eigenvalue weighted by molar-refractivity contribution is -0.430. The molecule has 3 N–H and O–H groups in total. The van der Waals surface area contributed by atoms with Crippen LogP contribution in [0, 0.1) is 0 Å². The number of rotatable bonds is 13. The number of likely N-dealkylation sites (N-methyl/N-ethyl adjacent to an activating group) is 1. The summed E-state index contributed by atoms with van der Waals surface area (Å²) in [6.07, 6.45) is 10.4. The quantitative estimate of drug-likeness (QED) is 0.0777. The molecule has 0 spiro atoms. The Morgan fingerprint density at radius 3 is 1.92 bits per heavy atom. The van der Waals surface area contributed by atoms with Gasteiger partial charge in [0.15, 0.2) is 6.21 Å².